The monoisotopic (exact) mass is 287 g/mol. The van der Waals surface area contributed by atoms with Gasteiger partial charge in [0.1, 0.15) is 11.4 Å². The van der Waals surface area contributed by atoms with Crippen LogP contribution in [0, 0.1) is 0 Å². The first-order valence-corrected chi connectivity index (χ1v) is 6.81. The normalized spacial score (nSPS) is 11.3. The Labute approximate surface area is 124 Å². The van der Waals surface area contributed by atoms with Crippen LogP contribution in [0.4, 0.5) is 5.69 Å². The fourth-order valence-electron chi connectivity index (χ4n) is 1.94. The summed E-state index contributed by atoms with van der Waals surface area (Å²) in [5.41, 5.74) is 2.02. The maximum absolute atomic E-state index is 12.4. The van der Waals surface area contributed by atoms with Crippen molar-refractivity contribution >= 4 is 11.6 Å². The molecule has 5 nitrogen and oxygen atoms in total. The van der Waals surface area contributed by atoms with Crippen molar-refractivity contribution in [2.75, 3.05) is 12.4 Å². The average Bonchev–Trinajstić information content (AvgIpc) is 2.81. The number of rotatable bonds is 3. The molecule has 0 fully saturated rings. The van der Waals surface area contributed by atoms with Crippen LogP contribution >= 0.6 is 0 Å². The van der Waals surface area contributed by atoms with E-state index in [1.54, 1.807) is 24.9 Å². The second-order valence-corrected chi connectivity index (χ2v) is 5.97. The molecule has 5 heteroatoms. The van der Waals surface area contributed by atoms with E-state index in [1.165, 1.54) is 0 Å². The molecular formula is C16H21N3O2. The van der Waals surface area contributed by atoms with Crippen molar-refractivity contribution < 1.29 is 9.53 Å². The summed E-state index contributed by atoms with van der Waals surface area (Å²) in [4.78, 5) is 12.4. The molecule has 2 aromatic rings. The van der Waals surface area contributed by atoms with Crippen molar-refractivity contribution in [3.63, 3.8) is 0 Å². The summed E-state index contributed by atoms with van der Waals surface area (Å²) < 4.78 is 6.75. The minimum Gasteiger partial charge on any atom is -0.497 e. The van der Waals surface area contributed by atoms with E-state index >= 15 is 0 Å². The van der Waals surface area contributed by atoms with Crippen LogP contribution in [0.2, 0.25) is 0 Å². The molecule has 1 N–H and O–H groups in total. The van der Waals surface area contributed by atoms with Crippen LogP contribution in [-0.4, -0.2) is 22.8 Å². The van der Waals surface area contributed by atoms with Gasteiger partial charge < -0.3 is 10.1 Å². The van der Waals surface area contributed by atoms with E-state index in [1.807, 2.05) is 24.3 Å². The van der Waals surface area contributed by atoms with Crippen LogP contribution in [0.1, 0.15) is 37.0 Å². The van der Waals surface area contributed by atoms with Crippen LogP contribution in [0.25, 0.3) is 0 Å². The van der Waals surface area contributed by atoms with E-state index in [9.17, 15) is 4.79 Å². The van der Waals surface area contributed by atoms with Gasteiger partial charge in [-0.25, -0.2) is 0 Å². The zero-order valence-electron chi connectivity index (χ0n) is 13.1. The molecule has 0 aliphatic rings. The number of ether oxygens (including phenoxy) is 1. The Morgan fingerprint density at radius 1 is 1.29 bits per heavy atom. The highest BCUT2D eigenvalue weighted by molar-refractivity contribution is 6.03. The smallest absolute Gasteiger partial charge is 0.273 e. The molecule has 0 aliphatic heterocycles. The van der Waals surface area contributed by atoms with E-state index in [0.717, 1.165) is 5.69 Å². The number of aromatic nitrogens is 2. The summed E-state index contributed by atoms with van der Waals surface area (Å²) in [6, 6.07) is 9.09. The molecule has 1 heterocycles. The average molecular weight is 287 g/mol. The number of benzene rings is 1. The Kier molecular flexibility index (Phi) is 4.02. The third kappa shape index (κ3) is 3.42. The number of aryl methyl sites for hydroxylation is 1. The van der Waals surface area contributed by atoms with Gasteiger partial charge >= 0.3 is 0 Å². The van der Waals surface area contributed by atoms with Crippen molar-refractivity contribution in [1.82, 2.24) is 9.78 Å². The van der Waals surface area contributed by atoms with Gasteiger partial charge in [0.05, 0.1) is 12.8 Å². The van der Waals surface area contributed by atoms with Gasteiger partial charge in [0.15, 0.2) is 0 Å². The van der Waals surface area contributed by atoms with E-state index in [-0.39, 0.29) is 11.3 Å². The Bertz CT molecular complexity index is 654. The molecule has 0 aliphatic carbocycles. The maximum atomic E-state index is 12.4. The Hall–Kier alpha value is -2.30. The van der Waals surface area contributed by atoms with E-state index in [0.29, 0.717) is 17.1 Å². The molecule has 0 radical (unpaired) electrons. The predicted molar refractivity (Wildman–Crippen MR) is 82.9 cm³/mol. The molecule has 1 amide bonds. The van der Waals surface area contributed by atoms with Crippen molar-refractivity contribution in [2.24, 2.45) is 7.05 Å². The van der Waals surface area contributed by atoms with Gasteiger partial charge in [-0.05, 0) is 18.2 Å². The number of nitrogens with zero attached hydrogens (tertiary/aromatic N) is 2. The number of hydrogen-bond acceptors (Lipinski definition) is 3. The Balaban J connectivity index is 2.22. The van der Waals surface area contributed by atoms with Gasteiger partial charge in [-0.1, -0.05) is 26.8 Å². The molecular weight excluding hydrogens is 266 g/mol. The lowest BCUT2D eigenvalue weighted by Crippen LogP contribution is -2.16. The summed E-state index contributed by atoms with van der Waals surface area (Å²) in [6.07, 6.45) is 0. The van der Waals surface area contributed by atoms with E-state index in [2.05, 4.69) is 31.2 Å². The van der Waals surface area contributed by atoms with Gasteiger partial charge in [0.25, 0.3) is 5.91 Å². The highest BCUT2D eigenvalue weighted by Gasteiger charge is 2.21. The number of anilines is 1. The molecule has 0 spiro atoms. The van der Waals surface area contributed by atoms with Crippen molar-refractivity contribution in [3.05, 3.63) is 41.7 Å². The van der Waals surface area contributed by atoms with Gasteiger partial charge in [0, 0.05) is 24.2 Å². The zero-order chi connectivity index (χ0) is 15.6. The van der Waals surface area contributed by atoms with Crippen LogP contribution in [0.5, 0.6) is 5.75 Å². The number of nitrogens with one attached hydrogen (secondary N) is 1. The lowest BCUT2D eigenvalue weighted by atomic mass is 9.92. The van der Waals surface area contributed by atoms with Crippen LogP contribution < -0.4 is 10.1 Å². The van der Waals surface area contributed by atoms with Gasteiger partial charge in [-0.15, -0.1) is 0 Å². The molecule has 112 valence electrons. The van der Waals surface area contributed by atoms with Crippen molar-refractivity contribution in [3.8, 4) is 5.75 Å². The predicted octanol–water partition coefficient (Wildman–Crippen LogP) is 2.98. The van der Waals surface area contributed by atoms with Gasteiger partial charge in [-0.3, -0.25) is 9.48 Å². The minimum absolute atomic E-state index is 0.0910. The third-order valence-corrected chi connectivity index (χ3v) is 3.21. The topological polar surface area (TPSA) is 56.1 Å². The van der Waals surface area contributed by atoms with Crippen LogP contribution in [0.3, 0.4) is 0 Å². The third-order valence-electron chi connectivity index (χ3n) is 3.21. The van der Waals surface area contributed by atoms with Crippen molar-refractivity contribution in [2.45, 2.75) is 26.2 Å². The molecule has 0 atom stereocenters. The Morgan fingerprint density at radius 3 is 2.57 bits per heavy atom. The zero-order valence-corrected chi connectivity index (χ0v) is 13.1. The quantitative estimate of drug-likeness (QED) is 0.944. The number of carbonyl (C=O) groups excluding carboxylic acids is 1. The first-order valence-electron chi connectivity index (χ1n) is 6.81. The summed E-state index contributed by atoms with van der Waals surface area (Å²) in [6.45, 7) is 6.21. The largest absolute Gasteiger partial charge is 0.497 e. The minimum atomic E-state index is -0.186. The molecule has 2 rings (SSSR count). The second kappa shape index (κ2) is 5.60. The van der Waals surface area contributed by atoms with Crippen LogP contribution in [0.15, 0.2) is 30.3 Å². The number of carbonyl (C=O) groups is 1. The molecule has 1 aromatic heterocycles. The van der Waals surface area contributed by atoms with Crippen LogP contribution in [-0.2, 0) is 12.5 Å². The van der Waals surface area contributed by atoms with Gasteiger partial charge in [0.2, 0.25) is 0 Å². The van der Waals surface area contributed by atoms with E-state index in [4.69, 9.17) is 4.74 Å². The van der Waals surface area contributed by atoms with E-state index < -0.39 is 0 Å². The summed E-state index contributed by atoms with van der Waals surface area (Å²) in [5.74, 6) is 0.516. The summed E-state index contributed by atoms with van der Waals surface area (Å²) >= 11 is 0. The molecule has 0 saturated carbocycles. The lowest BCUT2D eigenvalue weighted by molar-refractivity contribution is 0.101. The number of amides is 1. The Morgan fingerprint density at radius 2 is 2.00 bits per heavy atom. The highest BCUT2D eigenvalue weighted by Crippen LogP contribution is 2.22. The summed E-state index contributed by atoms with van der Waals surface area (Å²) in [5, 5.41) is 7.27. The molecule has 0 unspecified atom stereocenters. The fraction of sp³-hybridized carbons (Fsp3) is 0.375. The highest BCUT2D eigenvalue weighted by atomic mass is 16.5. The first-order chi connectivity index (χ1) is 9.81. The number of methoxy groups -OCH3 is 1. The van der Waals surface area contributed by atoms with Crippen molar-refractivity contribution in [1.29, 1.82) is 0 Å². The molecule has 1 aromatic carbocycles. The summed E-state index contributed by atoms with van der Waals surface area (Å²) in [7, 11) is 3.37. The molecule has 21 heavy (non-hydrogen) atoms. The lowest BCUT2D eigenvalue weighted by Gasteiger charge is -2.13. The number of hydrogen-bond donors (Lipinski definition) is 1. The second-order valence-electron chi connectivity index (χ2n) is 5.97. The standard InChI is InChI=1S/C16H21N3O2/c1-16(2,3)14-10-13(19(4)18-14)15(20)17-11-7-6-8-12(9-11)21-5/h6-10H,1-5H3,(H,17,20). The maximum Gasteiger partial charge on any atom is 0.273 e. The molecule has 0 bridgehead atoms. The SMILES string of the molecule is COc1cccc(NC(=O)c2cc(C(C)(C)C)nn2C)c1. The first kappa shape index (κ1) is 15.1. The molecule has 0 saturated heterocycles. The fourth-order valence-corrected chi connectivity index (χ4v) is 1.94. The van der Waals surface area contributed by atoms with Gasteiger partial charge in [-0.2, -0.15) is 5.10 Å².